The van der Waals surface area contributed by atoms with Crippen molar-refractivity contribution < 1.29 is 4.79 Å². The van der Waals surface area contributed by atoms with Gasteiger partial charge >= 0.3 is 0 Å². The Hall–Kier alpha value is -2.44. The van der Waals surface area contributed by atoms with Gasteiger partial charge in [-0.25, -0.2) is 4.98 Å². The summed E-state index contributed by atoms with van der Waals surface area (Å²) in [6.07, 6.45) is 3.90. The molecule has 0 N–H and O–H groups in total. The molecule has 1 aromatic carbocycles. The van der Waals surface area contributed by atoms with Gasteiger partial charge < -0.3 is 9.47 Å². The minimum Gasteiger partial charge on any atom is -0.334 e. The molecular formula is C18H15N3OS2. The van der Waals surface area contributed by atoms with Crippen LogP contribution >= 0.6 is 22.7 Å². The fraction of sp³-hybridized carbons (Fsp3) is 0.111. The van der Waals surface area contributed by atoms with Crippen molar-refractivity contribution >= 4 is 38.8 Å². The molecule has 0 aliphatic heterocycles. The highest BCUT2D eigenvalue weighted by Crippen LogP contribution is 2.25. The van der Waals surface area contributed by atoms with E-state index in [0.29, 0.717) is 6.54 Å². The lowest BCUT2D eigenvalue weighted by Gasteiger charge is -2.16. The standard InChI is InChI=1S/C18H15N3OS2/c1-20(12-16-19-13-6-2-3-7-15(13)24-16)18(22)17-14(8-11-23-17)21-9-4-5-10-21/h2-11H,12H2,1H3. The molecule has 0 saturated carbocycles. The summed E-state index contributed by atoms with van der Waals surface area (Å²) in [5.74, 6) is 0.0213. The van der Waals surface area contributed by atoms with Gasteiger partial charge in [-0.3, -0.25) is 4.79 Å². The van der Waals surface area contributed by atoms with Crippen molar-refractivity contribution in [3.8, 4) is 5.69 Å². The summed E-state index contributed by atoms with van der Waals surface area (Å²) in [6.45, 7) is 0.515. The third kappa shape index (κ3) is 2.74. The second-order valence-electron chi connectivity index (χ2n) is 5.46. The maximum absolute atomic E-state index is 12.8. The number of hydrogen-bond donors (Lipinski definition) is 0. The van der Waals surface area contributed by atoms with E-state index in [2.05, 4.69) is 11.1 Å². The topological polar surface area (TPSA) is 38.1 Å². The lowest BCUT2D eigenvalue weighted by molar-refractivity contribution is 0.0790. The Morgan fingerprint density at radius 2 is 1.96 bits per heavy atom. The van der Waals surface area contributed by atoms with Crippen molar-refractivity contribution in [2.45, 2.75) is 6.54 Å². The Bertz CT molecular complexity index is 952. The first kappa shape index (κ1) is 15.1. The first-order valence-electron chi connectivity index (χ1n) is 7.53. The maximum Gasteiger partial charge on any atom is 0.266 e. The molecule has 0 saturated heterocycles. The van der Waals surface area contributed by atoms with Crippen LogP contribution in [0.5, 0.6) is 0 Å². The summed E-state index contributed by atoms with van der Waals surface area (Å²) in [6, 6.07) is 13.9. The molecule has 0 bridgehead atoms. The zero-order valence-electron chi connectivity index (χ0n) is 13.0. The summed E-state index contributed by atoms with van der Waals surface area (Å²) in [5.41, 5.74) is 1.91. The fourth-order valence-electron chi connectivity index (χ4n) is 2.60. The van der Waals surface area contributed by atoms with Crippen LogP contribution in [-0.4, -0.2) is 27.4 Å². The molecule has 3 heterocycles. The first-order chi connectivity index (χ1) is 11.7. The molecule has 0 aliphatic carbocycles. The highest BCUT2D eigenvalue weighted by molar-refractivity contribution is 7.18. The summed E-state index contributed by atoms with van der Waals surface area (Å²) in [5, 5.41) is 2.90. The van der Waals surface area contributed by atoms with Crippen LogP contribution in [-0.2, 0) is 6.54 Å². The van der Waals surface area contributed by atoms with E-state index in [1.807, 2.05) is 65.8 Å². The summed E-state index contributed by atoms with van der Waals surface area (Å²) >= 11 is 3.11. The Kier molecular flexibility index (Phi) is 3.92. The normalized spacial score (nSPS) is 11.0. The van der Waals surface area contributed by atoms with Gasteiger partial charge in [0.15, 0.2) is 0 Å². The van der Waals surface area contributed by atoms with Crippen LogP contribution in [0.1, 0.15) is 14.7 Å². The number of amides is 1. The lowest BCUT2D eigenvalue weighted by atomic mass is 10.3. The number of benzene rings is 1. The van der Waals surface area contributed by atoms with E-state index in [0.717, 1.165) is 25.8 Å². The number of aromatic nitrogens is 2. The predicted molar refractivity (Wildman–Crippen MR) is 99.1 cm³/mol. The molecule has 0 unspecified atom stereocenters. The van der Waals surface area contributed by atoms with Crippen molar-refractivity contribution in [3.63, 3.8) is 0 Å². The van der Waals surface area contributed by atoms with Crippen LogP contribution in [0.25, 0.3) is 15.9 Å². The van der Waals surface area contributed by atoms with E-state index in [1.54, 1.807) is 16.2 Å². The number of thiazole rings is 1. The van der Waals surface area contributed by atoms with Gasteiger partial charge in [0.1, 0.15) is 9.88 Å². The molecule has 120 valence electrons. The number of thiophene rings is 1. The smallest absolute Gasteiger partial charge is 0.266 e. The number of hydrogen-bond acceptors (Lipinski definition) is 4. The van der Waals surface area contributed by atoms with Crippen molar-refractivity contribution in [2.75, 3.05) is 7.05 Å². The van der Waals surface area contributed by atoms with Crippen molar-refractivity contribution in [3.05, 3.63) is 70.1 Å². The number of rotatable bonds is 4. The van der Waals surface area contributed by atoms with Gasteiger partial charge in [-0.15, -0.1) is 22.7 Å². The van der Waals surface area contributed by atoms with Crippen LogP contribution in [0.4, 0.5) is 0 Å². The van der Waals surface area contributed by atoms with Crippen molar-refractivity contribution in [2.24, 2.45) is 0 Å². The van der Waals surface area contributed by atoms with Crippen LogP contribution in [0.2, 0.25) is 0 Å². The van der Waals surface area contributed by atoms with Crippen molar-refractivity contribution in [1.29, 1.82) is 0 Å². The minimum atomic E-state index is 0.0213. The fourth-order valence-corrected chi connectivity index (χ4v) is 4.50. The van der Waals surface area contributed by atoms with Gasteiger partial charge in [0, 0.05) is 19.4 Å². The largest absolute Gasteiger partial charge is 0.334 e. The van der Waals surface area contributed by atoms with Crippen LogP contribution in [0, 0.1) is 0 Å². The molecular weight excluding hydrogens is 338 g/mol. The summed E-state index contributed by atoms with van der Waals surface area (Å²) in [7, 11) is 1.83. The maximum atomic E-state index is 12.8. The number of fused-ring (bicyclic) bond motifs is 1. The third-order valence-corrected chi connectivity index (χ3v) is 5.69. The van der Waals surface area contributed by atoms with E-state index in [9.17, 15) is 4.79 Å². The van der Waals surface area contributed by atoms with Gasteiger partial charge in [0.2, 0.25) is 0 Å². The van der Waals surface area contributed by atoms with E-state index >= 15 is 0 Å². The Balaban J connectivity index is 1.57. The third-order valence-electron chi connectivity index (χ3n) is 3.78. The van der Waals surface area contributed by atoms with Crippen LogP contribution in [0.15, 0.2) is 60.2 Å². The van der Waals surface area contributed by atoms with Gasteiger partial charge in [-0.05, 0) is 35.7 Å². The number of para-hydroxylation sites is 1. The number of carbonyl (C=O) groups is 1. The zero-order chi connectivity index (χ0) is 16.5. The molecule has 0 fully saturated rings. The molecule has 0 spiro atoms. The van der Waals surface area contributed by atoms with Gasteiger partial charge in [0.25, 0.3) is 5.91 Å². The van der Waals surface area contributed by atoms with Gasteiger partial charge in [-0.2, -0.15) is 0 Å². The summed E-state index contributed by atoms with van der Waals surface area (Å²) in [4.78, 5) is 19.9. The highest BCUT2D eigenvalue weighted by Gasteiger charge is 2.19. The van der Waals surface area contributed by atoms with E-state index in [-0.39, 0.29) is 5.91 Å². The molecule has 24 heavy (non-hydrogen) atoms. The second kappa shape index (κ2) is 6.22. The lowest BCUT2D eigenvalue weighted by Crippen LogP contribution is -2.26. The average Bonchev–Trinajstić information content (AvgIpc) is 3.32. The van der Waals surface area contributed by atoms with Gasteiger partial charge in [-0.1, -0.05) is 12.1 Å². The molecule has 4 aromatic rings. The first-order valence-corrected chi connectivity index (χ1v) is 9.23. The molecule has 0 atom stereocenters. The second-order valence-corrected chi connectivity index (χ2v) is 7.49. The zero-order valence-corrected chi connectivity index (χ0v) is 14.7. The van der Waals surface area contributed by atoms with Gasteiger partial charge in [0.05, 0.1) is 22.4 Å². The number of carbonyl (C=O) groups excluding carboxylic acids is 1. The average molecular weight is 353 g/mol. The van der Waals surface area contributed by atoms with E-state index in [4.69, 9.17) is 0 Å². The SMILES string of the molecule is CN(Cc1nc2ccccc2s1)C(=O)c1sccc1-n1cccc1. The Morgan fingerprint density at radius 1 is 1.17 bits per heavy atom. The molecule has 0 aliphatic rings. The quantitative estimate of drug-likeness (QED) is 0.545. The van der Waals surface area contributed by atoms with Crippen LogP contribution < -0.4 is 0 Å². The number of nitrogens with zero attached hydrogens (tertiary/aromatic N) is 3. The van der Waals surface area contributed by atoms with Crippen LogP contribution in [0.3, 0.4) is 0 Å². The molecule has 0 radical (unpaired) electrons. The molecule has 1 amide bonds. The van der Waals surface area contributed by atoms with E-state index in [1.165, 1.54) is 11.3 Å². The monoisotopic (exact) mass is 353 g/mol. The molecule has 3 aromatic heterocycles. The molecule has 4 nitrogen and oxygen atoms in total. The minimum absolute atomic E-state index is 0.0213. The molecule has 4 rings (SSSR count). The molecule has 6 heteroatoms. The Morgan fingerprint density at radius 3 is 2.75 bits per heavy atom. The Labute approximate surface area is 147 Å². The highest BCUT2D eigenvalue weighted by atomic mass is 32.1. The summed E-state index contributed by atoms with van der Waals surface area (Å²) < 4.78 is 3.12. The van der Waals surface area contributed by atoms with Crippen molar-refractivity contribution in [1.82, 2.24) is 14.5 Å². The predicted octanol–water partition coefficient (Wildman–Crippen LogP) is 4.42. The van der Waals surface area contributed by atoms with E-state index < -0.39 is 0 Å².